The van der Waals surface area contributed by atoms with E-state index >= 15 is 0 Å². The van der Waals surface area contributed by atoms with Crippen molar-refractivity contribution in [3.8, 4) is 0 Å². The summed E-state index contributed by atoms with van der Waals surface area (Å²) in [5.74, 6) is 0. The van der Waals surface area contributed by atoms with Crippen LogP contribution in [0.15, 0.2) is 35.3 Å². The van der Waals surface area contributed by atoms with E-state index in [-0.39, 0.29) is 5.41 Å². The molecule has 2 aromatic rings. The van der Waals surface area contributed by atoms with E-state index in [1.807, 2.05) is 7.05 Å². The predicted octanol–water partition coefficient (Wildman–Crippen LogP) is 3.75. The predicted molar refractivity (Wildman–Crippen MR) is 76.1 cm³/mol. The molecule has 0 bridgehead atoms. The van der Waals surface area contributed by atoms with Crippen LogP contribution in [0.2, 0.25) is 0 Å². The second-order valence-corrected chi connectivity index (χ2v) is 6.14. The monoisotopic (exact) mass is 246 g/mol. The number of hydrogen-bond acceptors (Lipinski definition) is 2. The number of aromatic nitrogens is 1. The molecule has 90 valence electrons. The minimum absolute atomic E-state index is 0.182. The number of para-hydroxylation sites is 1. The summed E-state index contributed by atoms with van der Waals surface area (Å²) < 4.78 is 3.43. The number of fused-ring (bicyclic) bond motifs is 1. The maximum Gasteiger partial charge on any atom is 0.189 e. The van der Waals surface area contributed by atoms with Gasteiger partial charge >= 0.3 is 0 Å². The first-order chi connectivity index (χ1) is 8.01. The number of nitrogens with zero attached hydrogens (tertiary/aromatic N) is 2. The van der Waals surface area contributed by atoms with Crippen LogP contribution in [-0.2, 0) is 0 Å². The van der Waals surface area contributed by atoms with Crippen molar-refractivity contribution < 1.29 is 0 Å². The van der Waals surface area contributed by atoms with E-state index in [1.165, 1.54) is 10.2 Å². The molecule has 0 unspecified atom stereocenters. The molecule has 2 rings (SSSR count). The number of benzene rings is 1. The molecule has 1 aromatic heterocycles. The van der Waals surface area contributed by atoms with E-state index in [9.17, 15) is 0 Å². The lowest BCUT2D eigenvalue weighted by molar-refractivity contribution is 0.545. The standard InChI is InChI=1S/C14H18N2S/c1-14(2,3)9-10-16-11-7-5-6-8-12(11)17-13(16)15-4/h5-10H,1-4H3/b10-9+,15-13+. The molecule has 0 spiro atoms. The van der Waals surface area contributed by atoms with Crippen LogP contribution >= 0.6 is 11.3 Å². The highest BCUT2D eigenvalue weighted by molar-refractivity contribution is 7.16. The highest BCUT2D eigenvalue weighted by Crippen LogP contribution is 2.19. The first kappa shape index (κ1) is 12.1. The van der Waals surface area contributed by atoms with Crippen LogP contribution in [-0.4, -0.2) is 11.6 Å². The lowest BCUT2D eigenvalue weighted by Gasteiger charge is -2.11. The molecule has 17 heavy (non-hydrogen) atoms. The summed E-state index contributed by atoms with van der Waals surface area (Å²) in [5.41, 5.74) is 1.40. The van der Waals surface area contributed by atoms with E-state index in [0.717, 1.165) is 4.80 Å². The third kappa shape index (κ3) is 2.67. The SMILES string of the molecule is C/N=c1/sc2ccccc2n1/C=C/C(C)(C)C. The van der Waals surface area contributed by atoms with Crippen molar-refractivity contribution in [3.05, 3.63) is 35.1 Å². The zero-order valence-electron chi connectivity index (χ0n) is 10.8. The van der Waals surface area contributed by atoms with Crippen molar-refractivity contribution in [2.45, 2.75) is 20.8 Å². The largest absolute Gasteiger partial charge is 0.292 e. The van der Waals surface area contributed by atoms with Crippen molar-refractivity contribution in [1.29, 1.82) is 0 Å². The molecule has 0 atom stereocenters. The van der Waals surface area contributed by atoms with Crippen molar-refractivity contribution in [2.24, 2.45) is 10.4 Å². The maximum absolute atomic E-state index is 4.34. The molecule has 0 fully saturated rings. The number of thiazole rings is 1. The summed E-state index contributed by atoms with van der Waals surface area (Å²) in [7, 11) is 1.84. The first-order valence-corrected chi connectivity index (χ1v) is 6.55. The van der Waals surface area contributed by atoms with Crippen LogP contribution in [0, 0.1) is 5.41 Å². The van der Waals surface area contributed by atoms with Gasteiger partial charge in [-0.3, -0.25) is 9.56 Å². The molecule has 1 aromatic carbocycles. The lowest BCUT2D eigenvalue weighted by atomic mass is 9.97. The Hall–Kier alpha value is -1.35. The Bertz CT molecular complexity index is 609. The minimum atomic E-state index is 0.182. The molecule has 3 heteroatoms. The quantitative estimate of drug-likeness (QED) is 0.729. The van der Waals surface area contributed by atoms with Gasteiger partial charge in [-0.2, -0.15) is 0 Å². The van der Waals surface area contributed by atoms with Gasteiger partial charge in [-0.05, 0) is 17.5 Å². The summed E-state index contributed by atoms with van der Waals surface area (Å²) in [6.07, 6.45) is 4.34. The average molecular weight is 246 g/mol. The molecule has 0 saturated heterocycles. The fourth-order valence-electron chi connectivity index (χ4n) is 1.59. The van der Waals surface area contributed by atoms with Gasteiger partial charge in [0.25, 0.3) is 0 Å². The van der Waals surface area contributed by atoms with E-state index in [1.54, 1.807) is 11.3 Å². The lowest BCUT2D eigenvalue weighted by Crippen LogP contribution is -2.09. The molecule has 0 amide bonds. The highest BCUT2D eigenvalue weighted by atomic mass is 32.1. The Balaban J connectivity index is 2.63. The Morgan fingerprint density at radius 1 is 1.24 bits per heavy atom. The number of hydrogen-bond donors (Lipinski definition) is 0. The molecule has 0 N–H and O–H groups in total. The van der Waals surface area contributed by atoms with Crippen LogP contribution in [0.3, 0.4) is 0 Å². The van der Waals surface area contributed by atoms with E-state index < -0.39 is 0 Å². The van der Waals surface area contributed by atoms with E-state index in [4.69, 9.17) is 0 Å². The Morgan fingerprint density at radius 2 is 1.94 bits per heavy atom. The van der Waals surface area contributed by atoms with E-state index in [2.05, 4.69) is 66.9 Å². The van der Waals surface area contributed by atoms with Gasteiger partial charge < -0.3 is 0 Å². The van der Waals surface area contributed by atoms with Gasteiger partial charge in [-0.15, -0.1) is 0 Å². The van der Waals surface area contributed by atoms with Gasteiger partial charge in [0.15, 0.2) is 4.80 Å². The van der Waals surface area contributed by atoms with Crippen molar-refractivity contribution >= 4 is 27.8 Å². The molecular formula is C14H18N2S. The van der Waals surface area contributed by atoms with Crippen molar-refractivity contribution in [1.82, 2.24) is 4.57 Å². The minimum Gasteiger partial charge on any atom is -0.292 e. The van der Waals surface area contributed by atoms with Gasteiger partial charge in [0.2, 0.25) is 0 Å². The molecular weight excluding hydrogens is 228 g/mol. The third-order valence-corrected chi connectivity index (χ3v) is 3.57. The Kier molecular flexibility index (Phi) is 3.20. The maximum atomic E-state index is 4.34. The highest BCUT2D eigenvalue weighted by Gasteiger charge is 2.06. The topological polar surface area (TPSA) is 17.3 Å². The van der Waals surface area contributed by atoms with Crippen LogP contribution in [0.1, 0.15) is 20.8 Å². The summed E-state index contributed by atoms with van der Waals surface area (Å²) in [6, 6.07) is 8.40. The fraction of sp³-hybridized carbons (Fsp3) is 0.357. The van der Waals surface area contributed by atoms with Crippen LogP contribution < -0.4 is 4.80 Å². The van der Waals surface area contributed by atoms with Gasteiger partial charge in [0.1, 0.15) is 0 Å². The van der Waals surface area contributed by atoms with Crippen LogP contribution in [0.4, 0.5) is 0 Å². The Labute approximate surface area is 106 Å². The molecule has 1 heterocycles. The summed E-state index contributed by atoms with van der Waals surface area (Å²) in [5, 5.41) is 0. The van der Waals surface area contributed by atoms with Crippen LogP contribution in [0.5, 0.6) is 0 Å². The van der Waals surface area contributed by atoms with Gasteiger partial charge in [-0.25, -0.2) is 0 Å². The van der Waals surface area contributed by atoms with Crippen molar-refractivity contribution in [2.75, 3.05) is 7.05 Å². The normalized spacial score (nSPS) is 14.0. The zero-order valence-corrected chi connectivity index (χ0v) is 11.6. The summed E-state index contributed by atoms with van der Waals surface area (Å²) in [4.78, 5) is 5.37. The first-order valence-electron chi connectivity index (χ1n) is 5.73. The fourth-order valence-corrected chi connectivity index (χ4v) is 2.55. The number of rotatable bonds is 1. The second-order valence-electron chi connectivity index (χ2n) is 5.13. The van der Waals surface area contributed by atoms with Gasteiger partial charge in [0.05, 0.1) is 10.2 Å². The molecule has 0 aliphatic heterocycles. The van der Waals surface area contributed by atoms with E-state index in [0.29, 0.717) is 0 Å². The molecule has 2 nitrogen and oxygen atoms in total. The molecule has 0 aliphatic rings. The average Bonchev–Trinajstić information content (AvgIpc) is 2.63. The second kappa shape index (κ2) is 4.49. The molecule has 0 radical (unpaired) electrons. The van der Waals surface area contributed by atoms with Crippen molar-refractivity contribution in [3.63, 3.8) is 0 Å². The Morgan fingerprint density at radius 3 is 2.59 bits per heavy atom. The third-order valence-electron chi connectivity index (χ3n) is 2.45. The molecule has 0 aliphatic carbocycles. The van der Waals surface area contributed by atoms with Gasteiger partial charge in [-0.1, -0.05) is 50.3 Å². The van der Waals surface area contributed by atoms with Crippen LogP contribution in [0.25, 0.3) is 16.4 Å². The summed E-state index contributed by atoms with van der Waals surface area (Å²) in [6.45, 7) is 6.59. The summed E-state index contributed by atoms with van der Waals surface area (Å²) >= 11 is 1.72. The van der Waals surface area contributed by atoms with Gasteiger partial charge in [0, 0.05) is 13.2 Å². The smallest absolute Gasteiger partial charge is 0.189 e. The number of allylic oxidation sites excluding steroid dienone is 1. The molecule has 0 saturated carbocycles. The zero-order chi connectivity index (χ0) is 12.5.